The molecule has 138 valence electrons. The predicted octanol–water partition coefficient (Wildman–Crippen LogP) is 1.11. The molecule has 2 atom stereocenters. The average Bonchev–Trinajstić information content (AvgIpc) is 2.68. The Labute approximate surface area is 152 Å². The molecule has 1 amide bonds. The second-order valence-corrected chi connectivity index (χ2v) is 6.02. The van der Waals surface area contributed by atoms with Crippen molar-refractivity contribution >= 4 is 11.9 Å². The van der Waals surface area contributed by atoms with Crippen LogP contribution in [0.1, 0.15) is 11.1 Å². The molecule has 2 aromatic carbocycles. The molecule has 0 saturated heterocycles. The first-order chi connectivity index (χ1) is 12.5. The second kappa shape index (κ2) is 9.70. The first-order valence-electron chi connectivity index (χ1n) is 8.44. The van der Waals surface area contributed by atoms with Crippen LogP contribution in [0.15, 0.2) is 60.7 Å². The molecule has 2 aromatic rings. The number of hydrogen-bond donors (Lipinski definition) is 3. The van der Waals surface area contributed by atoms with Gasteiger partial charge in [0, 0.05) is 13.1 Å². The highest BCUT2D eigenvalue weighted by Gasteiger charge is 2.33. The van der Waals surface area contributed by atoms with Crippen molar-refractivity contribution in [3.8, 4) is 0 Å². The van der Waals surface area contributed by atoms with Gasteiger partial charge in [0.25, 0.3) is 5.91 Å². The molecule has 2 rings (SSSR count). The lowest BCUT2D eigenvalue weighted by molar-refractivity contribution is -0.162. The molecule has 0 bridgehead atoms. The molecule has 0 radical (unpaired) electrons. The van der Waals surface area contributed by atoms with Crippen molar-refractivity contribution in [2.24, 2.45) is 0 Å². The van der Waals surface area contributed by atoms with Gasteiger partial charge < -0.3 is 20.2 Å². The van der Waals surface area contributed by atoms with Crippen molar-refractivity contribution < 1.29 is 24.9 Å². The van der Waals surface area contributed by atoms with Crippen molar-refractivity contribution in [2.75, 3.05) is 13.1 Å². The zero-order chi connectivity index (χ0) is 18.9. The van der Waals surface area contributed by atoms with Gasteiger partial charge in [0.15, 0.2) is 12.2 Å². The van der Waals surface area contributed by atoms with Crippen LogP contribution in [-0.4, -0.2) is 57.4 Å². The average molecular weight is 357 g/mol. The summed E-state index contributed by atoms with van der Waals surface area (Å²) in [6.45, 7) is 0.637. The Morgan fingerprint density at radius 1 is 0.769 bits per heavy atom. The summed E-state index contributed by atoms with van der Waals surface area (Å²) < 4.78 is 0. The van der Waals surface area contributed by atoms with Crippen LogP contribution in [0.2, 0.25) is 0 Å². The number of carbonyl (C=O) groups excluding carboxylic acids is 1. The maximum atomic E-state index is 12.5. The van der Waals surface area contributed by atoms with Gasteiger partial charge >= 0.3 is 5.97 Å². The third-order valence-electron chi connectivity index (χ3n) is 4.14. The van der Waals surface area contributed by atoms with E-state index in [2.05, 4.69) is 0 Å². The van der Waals surface area contributed by atoms with Crippen LogP contribution >= 0.6 is 0 Å². The Morgan fingerprint density at radius 3 is 1.58 bits per heavy atom. The minimum atomic E-state index is -2.14. The summed E-state index contributed by atoms with van der Waals surface area (Å²) in [7, 11) is 0. The number of rotatable bonds is 9. The molecule has 0 fully saturated rings. The van der Waals surface area contributed by atoms with Crippen LogP contribution in [0.3, 0.4) is 0 Å². The topological polar surface area (TPSA) is 98.1 Å². The van der Waals surface area contributed by atoms with Gasteiger partial charge in [0.05, 0.1) is 0 Å². The van der Waals surface area contributed by atoms with Gasteiger partial charge in [-0.2, -0.15) is 0 Å². The van der Waals surface area contributed by atoms with E-state index in [-0.39, 0.29) is 0 Å². The normalized spacial score (nSPS) is 13.0. The molecule has 26 heavy (non-hydrogen) atoms. The molecule has 0 aliphatic rings. The van der Waals surface area contributed by atoms with Crippen LogP contribution in [0, 0.1) is 0 Å². The van der Waals surface area contributed by atoms with E-state index in [1.54, 1.807) is 0 Å². The molecule has 0 aromatic heterocycles. The van der Waals surface area contributed by atoms with E-state index >= 15 is 0 Å². The quantitative estimate of drug-likeness (QED) is 0.624. The number of hydrogen-bond acceptors (Lipinski definition) is 4. The zero-order valence-corrected chi connectivity index (χ0v) is 14.4. The Bertz CT molecular complexity index is 661. The number of aliphatic hydroxyl groups is 2. The van der Waals surface area contributed by atoms with E-state index in [1.807, 2.05) is 60.7 Å². The van der Waals surface area contributed by atoms with Gasteiger partial charge in [0.1, 0.15) is 0 Å². The summed E-state index contributed by atoms with van der Waals surface area (Å²) in [5, 5.41) is 28.2. The van der Waals surface area contributed by atoms with E-state index in [1.165, 1.54) is 4.90 Å². The van der Waals surface area contributed by atoms with Gasteiger partial charge in [0.2, 0.25) is 0 Å². The lowest BCUT2D eigenvalue weighted by Crippen LogP contribution is -2.48. The van der Waals surface area contributed by atoms with E-state index in [4.69, 9.17) is 5.11 Å². The van der Waals surface area contributed by atoms with Crippen LogP contribution in [0.25, 0.3) is 0 Å². The molecule has 0 aliphatic carbocycles. The van der Waals surface area contributed by atoms with Crippen LogP contribution < -0.4 is 0 Å². The van der Waals surface area contributed by atoms with Crippen LogP contribution in [0.4, 0.5) is 0 Å². The Kier molecular flexibility index (Phi) is 7.32. The second-order valence-electron chi connectivity index (χ2n) is 6.02. The first-order valence-corrected chi connectivity index (χ1v) is 8.44. The summed E-state index contributed by atoms with van der Waals surface area (Å²) >= 11 is 0. The fourth-order valence-electron chi connectivity index (χ4n) is 2.61. The molecular weight excluding hydrogens is 334 g/mol. The molecule has 3 N–H and O–H groups in total. The lowest BCUT2D eigenvalue weighted by Gasteiger charge is -2.26. The third-order valence-corrected chi connectivity index (χ3v) is 4.14. The fraction of sp³-hybridized carbons (Fsp3) is 0.300. The number of carboxylic acid groups (broad SMARTS) is 1. The SMILES string of the molecule is O=C(O)C(O)C(O)C(=O)N(CCc1ccccc1)CCc1ccccc1. The fourth-order valence-corrected chi connectivity index (χ4v) is 2.61. The molecule has 2 unspecified atom stereocenters. The summed E-state index contributed by atoms with van der Waals surface area (Å²) in [5.41, 5.74) is 2.05. The maximum Gasteiger partial charge on any atom is 0.335 e. The lowest BCUT2D eigenvalue weighted by atomic mass is 10.1. The van der Waals surface area contributed by atoms with E-state index < -0.39 is 24.1 Å². The molecule has 0 aliphatic heterocycles. The number of nitrogens with zero attached hydrogens (tertiary/aromatic N) is 1. The Morgan fingerprint density at radius 2 is 1.19 bits per heavy atom. The van der Waals surface area contributed by atoms with Gasteiger partial charge in [-0.05, 0) is 24.0 Å². The highest BCUT2D eigenvalue weighted by Crippen LogP contribution is 2.08. The molecule has 0 spiro atoms. The summed E-state index contributed by atoms with van der Waals surface area (Å²) in [5.74, 6) is -2.41. The monoisotopic (exact) mass is 357 g/mol. The highest BCUT2D eigenvalue weighted by atomic mass is 16.4. The number of benzene rings is 2. The maximum absolute atomic E-state index is 12.5. The van der Waals surface area contributed by atoms with Crippen molar-refractivity contribution in [3.63, 3.8) is 0 Å². The van der Waals surface area contributed by atoms with Crippen molar-refractivity contribution in [1.82, 2.24) is 4.90 Å². The summed E-state index contributed by atoms with van der Waals surface area (Å²) in [6, 6.07) is 19.1. The first kappa shape index (κ1) is 19.6. The van der Waals surface area contributed by atoms with Gasteiger partial charge in [-0.1, -0.05) is 60.7 Å². The number of aliphatic hydroxyl groups excluding tert-OH is 2. The largest absolute Gasteiger partial charge is 0.479 e. The molecule has 0 heterocycles. The minimum absolute atomic E-state index is 0.319. The standard InChI is InChI=1S/C20H23NO5/c22-17(18(23)20(25)26)19(24)21(13-11-15-7-3-1-4-8-15)14-12-16-9-5-2-6-10-16/h1-10,17-18,22-23H,11-14H2,(H,25,26). The summed E-state index contributed by atoms with van der Waals surface area (Å²) in [4.78, 5) is 24.7. The minimum Gasteiger partial charge on any atom is -0.479 e. The third kappa shape index (κ3) is 5.68. The van der Waals surface area contributed by atoms with Gasteiger partial charge in [-0.3, -0.25) is 4.79 Å². The van der Waals surface area contributed by atoms with Crippen LogP contribution in [0.5, 0.6) is 0 Å². The van der Waals surface area contributed by atoms with E-state index in [0.717, 1.165) is 11.1 Å². The van der Waals surface area contributed by atoms with Crippen molar-refractivity contribution in [2.45, 2.75) is 25.0 Å². The number of carbonyl (C=O) groups is 2. The zero-order valence-electron chi connectivity index (χ0n) is 14.4. The summed E-state index contributed by atoms with van der Waals surface area (Å²) in [6.07, 6.45) is -2.99. The van der Waals surface area contributed by atoms with Gasteiger partial charge in [-0.15, -0.1) is 0 Å². The Hall–Kier alpha value is -2.70. The molecule has 6 heteroatoms. The van der Waals surface area contributed by atoms with E-state index in [0.29, 0.717) is 25.9 Å². The highest BCUT2D eigenvalue weighted by molar-refractivity contribution is 5.87. The molecule has 6 nitrogen and oxygen atoms in total. The van der Waals surface area contributed by atoms with Gasteiger partial charge in [-0.25, -0.2) is 4.79 Å². The van der Waals surface area contributed by atoms with Crippen molar-refractivity contribution in [3.05, 3.63) is 71.8 Å². The molecular formula is C20H23NO5. The number of amides is 1. The predicted molar refractivity (Wildman–Crippen MR) is 96.5 cm³/mol. The molecule has 0 saturated carbocycles. The Balaban J connectivity index is 2.06. The van der Waals surface area contributed by atoms with E-state index in [9.17, 15) is 19.8 Å². The van der Waals surface area contributed by atoms with Crippen molar-refractivity contribution in [1.29, 1.82) is 0 Å². The number of aliphatic carboxylic acids is 1. The van der Waals surface area contributed by atoms with Crippen LogP contribution in [-0.2, 0) is 22.4 Å². The smallest absolute Gasteiger partial charge is 0.335 e. The number of carboxylic acids is 1.